The maximum absolute atomic E-state index is 12.2. The van der Waals surface area contributed by atoms with Crippen LogP contribution in [0.5, 0.6) is 11.5 Å². The molecule has 5 heteroatoms. The van der Waals surface area contributed by atoms with Crippen LogP contribution in [0.25, 0.3) is 11.6 Å². The molecule has 4 nitrogen and oxygen atoms in total. The zero-order chi connectivity index (χ0) is 15.7. The predicted octanol–water partition coefficient (Wildman–Crippen LogP) is 3.85. The topological polar surface area (TPSA) is 47.6 Å². The highest BCUT2D eigenvalue weighted by Gasteiger charge is 2.24. The summed E-state index contributed by atoms with van der Waals surface area (Å²) in [5.74, 6) is 1.19. The Kier molecular flexibility index (Phi) is 3.77. The van der Waals surface area contributed by atoms with E-state index >= 15 is 0 Å². The fourth-order valence-electron chi connectivity index (χ4n) is 2.41. The third kappa shape index (κ3) is 2.53. The second-order valence-electron chi connectivity index (χ2n) is 4.81. The molecule has 22 heavy (non-hydrogen) atoms. The summed E-state index contributed by atoms with van der Waals surface area (Å²) in [6.07, 6.45) is 1.78. The minimum Gasteiger partial charge on any atom is -0.497 e. The highest BCUT2D eigenvalue weighted by atomic mass is 35.5. The predicted molar refractivity (Wildman–Crippen MR) is 87.5 cm³/mol. The van der Waals surface area contributed by atoms with Crippen molar-refractivity contribution in [2.75, 3.05) is 19.5 Å². The average Bonchev–Trinajstić information content (AvgIpc) is 2.83. The van der Waals surface area contributed by atoms with Gasteiger partial charge in [0, 0.05) is 27.4 Å². The van der Waals surface area contributed by atoms with Crippen LogP contribution in [0.15, 0.2) is 36.4 Å². The van der Waals surface area contributed by atoms with Crippen molar-refractivity contribution < 1.29 is 14.3 Å². The highest BCUT2D eigenvalue weighted by Crippen LogP contribution is 2.36. The molecule has 0 spiro atoms. The summed E-state index contributed by atoms with van der Waals surface area (Å²) >= 11 is 6.03. The number of hydrogen-bond acceptors (Lipinski definition) is 3. The van der Waals surface area contributed by atoms with Crippen LogP contribution in [0, 0.1) is 0 Å². The molecule has 0 radical (unpaired) electrons. The standard InChI is InChI=1S/C17H14ClNO3/c1-21-12-4-6-16(22-2)10(7-12)8-14-13-9-11(18)3-5-15(13)19-17(14)20/h3-9H,1-2H3,(H,19,20)/b14-8+. The van der Waals surface area contributed by atoms with Gasteiger partial charge in [0.1, 0.15) is 11.5 Å². The molecule has 1 aliphatic rings. The molecule has 1 amide bonds. The van der Waals surface area contributed by atoms with Crippen LogP contribution >= 0.6 is 11.6 Å². The summed E-state index contributed by atoms with van der Waals surface area (Å²) in [6.45, 7) is 0. The zero-order valence-corrected chi connectivity index (χ0v) is 12.9. The number of hydrogen-bond donors (Lipinski definition) is 1. The first-order chi connectivity index (χ1) is 10.6. The van der Waals surface area contributed by atoms with Crippen LogP contribution in [0.1, 0.15) is 11.1 Å². The molecule has 0 fully saturated rings. The van der Waals surface area contributed by atoms with E-state index in [1.165, 1.54) is 0 Å². The van der Waals surface area contributed by atoms with Gasteiger partial charge in [-0.25, -0.2) is 0 Å². The molecular formula is C17H14ClNO3. The van der Waals surface area contributed by atoms with E-state index in [2.05, 4.69) is 5.32 Å². The number of ether oxygens (including phenoxy) is 2. The SMILES string of the molecule is COc1ccc(OC)c(/C=C2/C(=O)Nc3ccc(Cl)cc32)c1. The molecule has 0 saturated carbocycles. The van der Waals surface area contributed by atoms with Gasteiger partial charge in [-0.3, -0.25) is 4.79 Å². The van der Waals surface area contributed by atoms with E-state index in [1.54, 1.807) is 50.6 Å². The van der Waals surface area contributed by atoms with E-state index in [-0.39, 0.29) is 5.91 Å². The van der Waals surface area contributed by atoms with E-state index in [4.69, 9.17) is 21.1 Å². The molecule has 1 heterocycles. The van der Waals surface area contributed by atoms with E-state index in [1.807, 2.05) is 6.07 Å². The lowest BCUT2D eigenvalue weighted by atomic mass is 10.0. The van der Waals surface area contributed by atoms with Crippen LogP contribution in [0.3, 0.4) is 0 Å². The molecule has 0 unspecified atom stereocenters. The van der Waals surface area contributed by atoms with Crippen molar-refractivity contribution in [1.82, 2.24) is 0 Å². The van der Waals surface area contributed by atoms with Crippen LogP contribution in [-0.2, 0) is 4.79 Å². The Morgan fingerprint density at radius 2 is 1.91 bits per heavy atom. The summed E-state index contributed by atoms with van der Waals surface area (Å²) < 4.78 is 10.6. The molecule has 0 atom stereocenters. The number of nitrogens with one attached hydrogen (secondary N) is 1. The molecule has 0 saturated heterocycles. The Hall–Kier alpha value is -2.46. The Morgan fingerprint density at radius 3 is 2.64 bits per heavy atom. The van der Waals surface area contributed by atoms with Gasteiger partial charge in [0.05, 0.1) is 14.2 Å². The fourth-order valence-corrected chi connectivity index (χ4v) is 2.58. The van der Waals surface area contributed by atoms with E-state index in [9.17, 15) is 4.79 Å². The molecule has 0 bridgehead atoms. The summed E-state index contributed by atoms with van der Waals surface area (Å²) in [5, 5.41) is 3.41. The maximum Gasteiger partial charge on any atom is 0.256 e. The third-order valence-electron chi connectivity index (χ3n) is 3.50. The molecule has 1 aliphatic heterocycles. The number of fused-ring (bicyclic) bond motifs is 1. The largest absolute Gasteiger partial charge is 0.497 e. The first kappa shape index (κ1) is 14.5. The van der Waals surface area contributed by atoms with Gasteiger partial charge in [0.2, 0.25) is 0 Å². The van der Waals surface area contributed by atoms with Crippen LogP contribution < -0.4 is 14.8 Å². The number of benzene rings is 2. The Morgan fingerprint density at radius 1 is 1.09 bits per heavy atom. The molecule has 1 N–H and O–H groups in total. The lowest BCUT2D eigenvalue weighted by molar-refractivity contribution is -0.110. The highest BCUT2D eigenvalue weighted by molar-refractivity contribution is 6.36. The maximum atomic E-state index is 12.2. The number of rotatable bonds is 3. The number of carbonyl (C=O) groups is 1. The summed E-state index contributed by atoms with van der Waals surface area (Å²) in [6, 6.07) is 10.7. The van der Waals surface area contributed by atoms with Gasteiger partial charge in [0.25, 0.3) is 5.91 Å². The smallest absolute Gasteiger partial charge is 0.256 e. The fraction of sp³-hybridized carbons (Fsp3) is 0.118. The first-order valence-corrected chi connectivity index (χ1v) is 7.05. The third-order valence-corrected chi connectivity index (χ3v) is 3.74. The second kappa shape index (κ2) is 5.73. The Balaban J connectivity index is 2.13. The molecule has 112 valence electrons. The second-order valence-corrected chi connectivity index (χ2v) is 5.25. The van der Waals surface area contributed by atoms with Gasteiger partial charge in [-0.2, -0.15) is 0 Å². The number of anilines is 1. The van der Waals surface area contributed by atoms with Crippen LogP contribution in [0.2, 0.25) is 5.02 Å². The van der Waals surface area contributed by atoms with Gasteiger partial charge in [-0.15, -0.1) is 0 Å². The summed E-state index contributed by atoms with van der Waals surface area (Å²) in [7, 11) is 3.18. The van der Waals surface area contributed by atoms with Crippen molar-refractivity contribution in [3.63, 3.8) is 0 Å². The van der Waals surface area contributed by atoms with Crippen LogP contribution in [-0.4, -0.2) is 20.1 Å². The minimum atomic E-state index is -0.165. The molecule has 2 aromatic carbocycles. The van der Waals surface area contributed by atoms with Crippen molar-refractivity contribution in [3.8, 4) is 11.5 Å². The summed E-state index contributed by atoms with van der Waals surface area (Å²) in [5.41, 5.74) is 2.84. The average molecular weight is 316 g/mol. The molecule has 2 aromatic rings. The van der Waals surface area contributed by atoms with Gasteiger partial charge in [-0.1, -0.05) is 11.6 Å². The molecule has 3 rings (SSSR count). The monoisotopic (exact) mass is 315 g/mol. The molecule has 0 aromatic heterocycles. The van der Waals surface area contributed by atoms with Crippen molar-refractivity contribution >= 4 is 34.8 Å². The Labute approximate surface area is 133 Å². The van der Waals surface area contributed by atoms with Gasteiger partial charge >= 0.3 is 0 Å². The van der Waals surface area contributed by atoms with Gasteiger partial charge < -0.3 is 14.8 Å². The molecular weight excluding hydrogens is 302 g/mol. The summed E-state index contributed by atoms with van der Waals surface area (Å²) in [4.78, 5) is 12.2. The number of amides is 1. The van der Waals surface area contributed by atoms with Gasteiger partial charge in [0.15, 0.2) is 0 Å². The Bertz CT molecular complexity index is 783. The van der Waals surface area contributed by atoms with Crippen molar-refractivity contribution in [2.24, 2.45) is 0 Å². The number of methoxy groups -OCH3 is 2. The lowest BCUT2D eigenvalue weighted by Gasteiger charge is -2.08. The van der Waals surface area contributed by atoms with E-state index < -0.39 is 0 Å². The number of halogens is 1. The quantitative estimate of drug-likeness (QED) is 0.875. The lowest BCUT2D eigenvalue weighted by Crippen LogP contribution is -2.03. The molecule has 0 aliphatic carbocycles. The van der Waals surface area contributed by atoms with E-state index in [0.29, 0.717) is 22.1 Å². The minimum absolute atomic E-state index is 0.165. The van der Waals surface area contributed by atoms with Crippen molar-refractivity contribution in [2.45, 2.75) is 0 Å². The van der Waals surface area contributed by atoms with Crippen LogP contribution in [0.4, 0.5) is 5.69 Å². The first-order valence-electron chi connectivity index (χ1n) is 6.67. The van der Waals surface area contributed by atoms with Crippen molar-refractivity contribution in [1.29, 1.82) is 0 Å². The van der Waals surface area contributed by atoms with Gasteiger partial charge in [-0.05, 0) is 42.5 Å². The van der Waals surface area contributed by atoms with E-state index in [0.717, 1.165) is 16.8 Å². The number of carbonyl (C=O) groups excluding carboxylic acids is 1. The normalized spacial score (nSPS) is 14.7. The zero-order valence-electron chi connectivity index (χ0n) is 12.1. The van der Waals surface area contributed by atoms with Crippen molar-refractivity contribution in [3.05, 3.63) is 52.5 Å².